The van der Waals surface area contributed by atoms with E-state index in [9.17, 15) is 4.79 Å². The maximum absolute atomic E-state index is 11.6. The van der Waals surface area contributed by atoms with Crippen LogP contribution >= 0.6 is 15.9 Å². The fourth-order valence-corrected chi connectivity index (χ4v) is 3.80. The Labute approximate surface area is 121 Å². The van der Waals surface area contributed by atoms with E-state index in [2.05, 4.69) is 33.1 Å². The van der Waals surface area contributed by atoms with Crippen LogP contribution in [0.25, 0.3) is 0 Å². The summed E-state index contributed by atoms with van der Waals surface area (Å²) in [5.41, 5.74) is 7.09. The maximum Gasteiger partial charge on any atom is 0.250 e. The standard InChI is InChI=1S/C14H18BrN3O/c1-8-12-6-17-5-9(12)7-18(8)13-3-2-10(15)4-11(13)14(16)19/h2-4,8-9,12,17H,5-7H2,1H3,(H2,16,19). The molecular formula is C14H18BrN3O. The molecule has 19 heavy (non-hydrogen) atoms. The SMILES string of the molecule is CC1C2CNCC2CN1c1ccc(Br)cc1C(N)=O. The second-order valence-corrected chi connectivity index (χ2v) is 6.42. The number of nitrogens with two attached hydrogens (primary N) is 1. The maximum atomic E-state index is 11.6. The van der Waals surface area contributed by atoms with Gasteiger partial charge in [-0.15, -0.1) is 0 Å². The Morgan fingerprint density at radius 1 is 1.47 bits per heavy atom. The highest BCUT2D eigenvalue weighted by molar-refractivity contribution is 9.10. The molecule has 2 fully saturated rings. The van der Waals surface area contributed by atoms with Gasteiger partial charge in [0.2, 0.25) is 0 Å². The van der Waals surface area contributed by atoms with Crippen LogP contribution in [-0.4, -0.2) is 31.6 Å². The first kappa shape index (κ1) is 12.9. The van der Waals surface area contributed by atoms with Crippen molar-refractivity contribution in [1.82, 2.24) is 5.32 Å². The molecule has 3 atom stereocenters. The lowest BCUT2D eigenvalue weighted by molar-refractivity contribution is 0.100. The summed E-state index contributed by atoms with van der Waals surface area (Å²) in [6, 6.07) is 6.23. The predicted octanol–water partition coefficient (Wildman–Crippen LogP) is 1.59. The zero-order valence-electron chi connectivity index (χ0n) is 10.9. The Morgan fingerprint density at radius 3 is 2.95 bits per heavy atom. The van der Waals surface area contributed by atoms with Gasteiger partial charge in [-0.1, -0.05) is 15.9 Å². The summed E-state index contributed by atoms with van der Waals surface area (Å²) in [7, 11) is 0. The third-order valence-corrected chi connectivity index (χ3v) is 4.96. The van der Waals surface area contributed by atoms with Gasteiger partial charge in [-0.25, -0.2) is 0 Å². The van der Waals surface area contributed by atoms with E-state index < -0.39 is 0 Å². The summed E-state index contributed by atoms with van der Waals surface area (Å²) < 4.78 is 0.888. The van der Waals surface area contributed by atoms with Gasteiger partial charge in [0.1, 0.15) is 0 Å². The highest BCUT2D eigenvalue weighted by atomic mass is 79.9. The van der Waals surface area contributed by atoms with Crippen LogP contribution in [0.4, 0.5) is 5.69 Å². The lowest BCUT2D eigenvalue weighted by Crippen LogP contribution is -2.34. The summed E-state index contributed by atoms with van der Waals surface area (Å²) in [5, 5.41) is 3.45. The van der Waals surface area contributed by atoms with E-state index in [-0.39, 0.29) is 5.91 Å². The number of carbonyl (C=O) groups is 1. The zero-order valence-corrected chi connectivity index (χ0v) is 12.5. The largest absolute Gasteiger partial charge is 0.367 e. The normalized spacial score (nSPS) is 29.6. The molecule has 2 heterocycles. The first-order valence-electron chi connectivity index (χ1n) is 6.64. The van der Waals surface area contributed by atoms with Crippen LogP contribution in [0.2, 0.25) is 0 Å². The van der Waals surface area contributed by atoms with E-state index in [4.69, 9.17) is 5.73 Å². The highest BCUT2D eigenvalue weighted by Crippen LogP contribution is 2.37. The summed E-state index contributed by atoms with van der Waals surface area (Å²) in [5.74, 6) is 0.988. The summed E-state index contributed by atoms with van der Waals surface area (Å²) in [4.78, 5) is 14.0. The van der Waals surface area contributed by atoms with Gasteiger partial charge in [0, 0.05) is 35.8 Å². The molecule has 4 nitrogen and oxygen atoms in total. The Kier molecular flexibility index (Phi) is 3.27. The smallest absolute Gasteiger partial charge is 0.250 e. The fraction of sp³-hybridized carbons (Fsp3) is 0.500. The fourth-order valence-electron chi connectivity index (χ4n) is 3.44. The molecule has 2 aliphatic heterocycles. The van der Waals surface area contributed by atoms with Crippen LogP contribution in [-0.2, 0) is 0 Å². The molecule has 1 amide bonds. The number of carbonyl (C=O) groups excluding carboxylic acids is 1. The number of halogens is 1. The molecule has 1 aromatic carbocycles. The summed E-state index contributed by atoms with van der Waals surface area (Å²) in [6.45, 7) is 5.39. The molecule has 0 spiro atoms. The van der Waals surface area contributed by atoms with Gasteiger partial charge in [-0.2, -0.15) is 0 Å². The lowest BCUT2D eigenvalue weighted by atomic mass is 9.95. The minimum absolute atomic E-state index is 0.362. The number of nitrogens with zero attached hydrogens (tertiary/aromatic N) is 1. The van der Waals surface area contributed by atoms with Crippen molar-refractivity contribution in [2.24, 2.45) is 17.6 Å². The number of rotatable bonds is 2. The van der Waals surface area contributed by atoms with Gasteiger partial charge in [-0.3, -0.25) is 4.79 Å². The molecule has 3 unspecified atom stereocenters. The predicted molar refractivity (Wildman–Crippen MR) is 79.3 cm³/mol. The van der Waals surface area contributed by atoms with Gasteiger partial charge in [0.15, 0.2) is 0 Å². The van der Waals surface area contributed by atoms with Crippen LogP contribution in [0.5, 0.6) is 0 Å². The molecule has 0 radical (unpaired) electrons. The van der Waals surface area contributed by atoms with Crippen molar-refractivity contribution in [3.63, 3.8) is 0 Å². The van der Waals surface area contributed by atoms with Crippen LogP contribution < -0.4 is 16.0 Å². The van der Waals surface area contributed by atoms with Crippen molar-refractivity contribution < 1.29 is 4.79 Å². The van der Waals surface area contributed by atoms with Crippen LogP contribution in [0.15, 0.2) is 22.7 Å². The van der Waals surface area contributed by atoms with Gasteiger partial charge in [0.25, 0.3) is 5.91 Å². The number of hydrogen-bond acceptors (Lipinski definition) is 3. The Balaban J connectivity index is 1.97. The molecule has 0 saturated carbocycles. The number of anilines is 1. The molecular weight excluding hydrogens is 306 g/mol. The van der Waals surface area contributed by atoms with Crippen LogP contribution in [0.3, 0.4) is 0 Å². The van der Waals surface area contributed by atoms with Crippen LogP contribution in [0.1, 0.15) is 17.3 Å². The van der Waals surface area contributed by atoms with E-state index in [0.717, 1.165) is 29.8 Å². The molecule has 3 N–H and O–H groups in total. The van der Waals surface area contributed by atoms with E-state index in [0.29, 0.717) is 23.4 Å². The van der Waals surface area contributed by atoms with Crippen molar-refractivity contribution in [3.05, 3.63) is 28.2 Å². The van der Waals surface area contributed by atoms with Crippen molar-refractivity contribution in [2.45, 2.75) is 13.0 Å². The summed E-state index contributed by atoms with van der Waals surface area (Å²) >= 11 is 3.40. The van der Waals surface area contributed by atoms with Crippen molar-refractivity contribution >= 4 is 27.5 Å². The highest BCUT2D eigenvalue weighted by Gasteiger charge is 2.42. The Morgan fingerprint density at radius 2 is 2.26 bits per heavy atom. The van der Waals surface area contributed by atoms with Gasteiger partial charge < -0.3 is 16.0 Å². The van der Waals surface area contributed by atoms with E-state index in [1.165, 1.54) is 0 Å². The average Bonchev–Trinajstić information content (AvgIpc) is 2.93. The van der Waals surface area contributed by atoms with Gasteiger partial charge in [0.05, 0.1) is 5.56 Å². The third-order valence-electron chi connectivity index (χ3n) is 4.47. The van der Waals surface area contributed by atoms with E-state index >= 15 is 0 Å². The molecule has 2 saturated heterocycles. The van der Waals surface area contributed by atoms with Crippen LogP contribution in [0, 0.1) is 11.8 Å². The van der Waals surface area contributed by atoms with Crippen molar-refractivity contribution in [2.75, 3.05) is 24.5 Å². The molecule has 0 aliphatic carbocycles. The molecule has 5 heteroatoms. The third kappa shape index (κ3) is 2.15. The van der Waals surface area contributed by atoms with Gasteiger partial charge >= 0.3 is 0 Å². The zero-order chi connectivity index (χ0) is 13.6. The van der Waals surface area contributed by atoms with Gasteiger partial charge in [-0.05, 0) is 37.0 Å². The van der Waals surface area contributed by atoms with Crippen molar-refractivity contribution in [3.8, 4) is 0 Å². The molecule has 0 aromatic heterocycles. The number of amides is 1. The first-order valence-corrected chi connectivity index (χ1v) is 7.44. The van der Waals surface area contributed by atoms with Crippen molar-refractivity contribution in [1.29, 1.82) is 0 Å². The quantitative estimate of drug-likeness (QED) is 0.869. The number of primary amides is 1. The minimum atomic E-state index is -0.362. The minimum Gasteiger partial charge on any atom is -0.367 e. The van der Waals surface area contributed by atoms with E-state index in [1.54, 1.807) is 0 Å². The molecule has 102 valence electrons. The average molecular weight is 324 g/mol. The second-order valence-electron chi connectivity index (χ2n) is 5.50. The molecule has 1 aromatic rings. The summed E-state index contributed by atoms with van der Waals surface area (Å²) in [6.07, 6.45) is 0. The molecule has 3 rings (SSSR count). The monoisotopic (exact) mass is 323 g/mol. The number of fused-ring (bicyclic) bond motifs is 1. The second kappa shape index (κ2) is 4.80. The number of benzene rings is 1. The van der Waals surface area contributed by atoms with E-state index in [1.807, 2.05) is 18.2 Å². The topological polar surface area (TPSA) is 58.4 Å². The number of nitrogens with one attached hydrogen (secondary N) is 1. The molecule has 2 aliphatic rings. The Bertz CT molecular complexity index is 519. The molecule has 0 bridgehead atoms. The Hall–Kier alpha value is -1.07. The first-order chi connectivity index (χ1) is 9.08. The lowest BCUT2D eigenvalue weighted by Gasteiger charge is -2.28. The number of hydrogen-bond donors (Lipinski definition) is 2.